The molecule has 0 aromatic heterocycles. The van der Waals surface area contributed by atoms with Gasteiger partial charge in [-0.3, -0.25) is 9.59 Å². The van der Waals surface area contributed by atoms with Crippen LogP contribution in [0.5, 0.6) is 5.75 Å². The van der Waals surface area contributed by atoms with E-state index >= 15 is 0 Å². The van der Waals surface area contributed by atoms with Crippen LogP contribution in [0.15, 0.2) is 65.8 Å². The number of nitrogens with zero attached hydrogens (tertiary/aromatic N) is 2. The molecule has 1 heterocycles. The van der Waals surface area contributed by atoms with E-state index < -0.39 is 0 Å². The molecule has 5 nitrogen and oxygen atoms in total. The maximum atomic E-state index is 13.0. The SMILES string of the molecule is Cc1ccc(COc2ccc(/C=N\N3C(=O)[C@@H]4[C@H]5C=C[C@@H]([C@@H]6C[C@@H]56)[C@@H]4C3=O)cc2)cc1. The number of rotatable bonds is 5. The molecule has 1 aliphatic heterocycles. The third kappa shape index (κ3) is 3.02. The van der Waals surface area contributed by atoms with Gasteiger partial charge in [-0.2, -0.15) is 10.1 Å². The molecule has 2 aromatic carbocycles. The molecule has 5 aliphatic rings. The topological polar surface area (TPSA) is 59.0 Å². The van der Waals surface area contributed by atoms with Crippen molar-refractivity contribution in [3.05, 3.63) is 77.4 Å². The van der Waals surface area contributed by atoms with Gasteiger partial charge in [0.15, 0.2) is 0 Å². The van der Waals surface area contributed by atoms with Crippen LogP contribution in [0.2, 0.25) is 0 Å². The van der Waals surface area contributed by atoms with Crippen LogP contribution in [-0.4, -0.2) is 23.0 Å². The number of hydrogen-bond acceptors (Lipinski definition) is 4. The highest BCUT2D eigenvalue weighted by Crippen LogP contribution is 2.65. The molecule has 3 fully saturated rings. The standard InChI is InChI=1S/C26H24N2O3/c1-15-2-4-17(5-3-15)14-31-18-8-6-16(7-9-18)13-27-28-25(29)23-19-10-11-20(22-12-21(19)22)24(23)26(28)30/h2-11,13,19-24H,12,14H2,1H3/b27-13-/t19-,20-,21-,22-,23-,24+/m0/s1. The highest BCUT2D eigenvalue weighted by Gasteiger charge is 2.67. The smallest absolute Gasteiger partial charge is 0.254 e. The second-order valence-electron chi connectivity index (χ2n) is 9.23. The van der Waals surface area contributed by atoms with Crippen molar-refractivity contribution in [2.45, 2.75) is 20.0 Å². The van der Waals surface area contributed by atoms with E-state index in [9.17, 15) is 9.59 Å². The van der Waals surface area contributed by atoms with Crippen LogP contribution in [0.25, 0.3) is 0 Å². The Bertz CT molecular complexity index is 1070. The first kappa shape index (κ1) is 18.6. The first-order valence-electron chi connectivity index (χ1n) is 11.0. The highest BCUT2D eigenvalue weighted by molar-refractivity contribution is 6.06. The fourth-order valence-corrected chi connectivity index (χ4v) is 5.68. The van der Waals surface area contributed by atoms with Gasteiger partial charge in [0, 0.05) is 0 Å². The zero-order valence-corrected chi connectivity index (χ0v) is 17.3. The molecule has 0 spiro atoms. The molecule has 31 heavy (non-hydrogen) atoms. The summed E-state index contributed by atoms with van der Waals surface area (Å²) in [5.41, 5.74) is 3.16. The number of aryl methyl sites for hydroxylation is 1. The Morgan fingerprint density at radius 1 is 0.935 bits per heavy atom. The average Bonchev–Trinajstić information content (AvgIpc) is 3.57. The molecule has 0 radical (unpaired) electrons. The molecule has 6 atom stereocenters. The zero-order chi connectivity index (χ0) is 21.1. The van der Waals surface area contributed by atoms with E-state index in [1.165, 1.54) is 5.56 Å². The molecule has 5 heteroatoms. The fourth-order valence-electron chi connectivity index (χ4n) is 5.68. The molecule has 7 rings (SSSR count). The lowest BCUT2D eigenvalue weighted by Crippen LogP contribution is -2.40. The lowest BCUT2D eigenvalue weighted by molar-refractivity contribution is -0.140. The van der Waals surface area contributed by atoms with Gasteiger partial charge in [0.2, 0.25) is 0 Å². The summed E-state index contributed by atoms with van der Waals surface area (Å²) in [5.74, 6) is 1.74. The molecule has 156 valence electrons. The Kier molecular flexibility index (Phi) is 4.13. The van der Waals surface area contributed by atoms with Crippen LogP contribution in [0, 0.1) is 42.4 Å². The maximum absolute atomic E-state index is 13.0. The number of carbonyl (C=O) groups is 2. The molecule has 2 saturated carbocycles. The second kappa shape index (κ2) is 6.91. The highest BCUT2D eigenvalue weighted by atomic mass is 16.5. The molecular formula is C26H24N2O3. The average molecular weight is 412 g/mol. The molecule has 0 unspecified atom stereocenters. The quantitative estimate of drug-likeness (QED) is 0.424. The van der Waals surface area contributed by atoms with Crippen molar-refractivity contribution in [2.75, 3.05) is 0 Å². The predicted molar refractivity (Wildman–Crippen MR) is 116 cm³/mol. The van der Waals surface area contributed by atoms with Gasteiger partial charge in [0.05, 0.1) is 18.1 Å². The van der Waals surface area contributed by atoms with E-state index in [-0.39, 0.29) is 35.5 Å². The number of benzene rings is 2. The fraction of sp³-hybridized carbons (Fsp3) is 0.346. The molecule has 2 aromatic rings. The van der Waals surface area contributed by atoms with Crippen molar-refractivity contribution < 1.29 is 14.3 Å². The first-order valence-corrected chi connectivity index (χ1v) is 11.0. The largest absolute Gasteiger partial charge is 0.489 e. The predicted octanol–water partition coefficient (Wildman–Crippen LogP) is 3.96. The van der Waals surface area contributed by atoms with Gasteiger partial charge >= 0.3 is 0 Å². The summed E-state index contributed by atoms with van der Waals surface area (Å²) < 4.78 is 5.84. The Hall–Kier alpha value is -3.21. The van der Waals surface area contributed by atoms with Crippen molar-refractivity contribution in [2.24, 2.45) is 40.6 Å². The third-order valence-corrected chi connectivity index (χ3v) is 7.37. The van der Waals surface area contributed by atoms with Crippen LogP contribution in [0.1, 0.15) is 23.1 Å². The van der Waals surface area contributed by atoms with Gasteiger partial charge < -0.3 is 4.74 Å². The van der Waals surface area contributed by atoms with Crippen molar-refractivity contribution in [1.29, 1.82) is 0 Å². The summed E-state index contributed by atoms with van der Waals surface area (Å²) in [7, 11) is 0. The first-order chi connectivity index (χ1) is 15.1. The number of imide groups is 1. The lowest BCUT2D eigenvalue weighted by Gasteiger charge is -2.37. The van der Waals surface area contributed by atoms with E-state index in [0.29, 0.717) is 18.4 Å². The molecule has 4 aliphatic carbocycles. The lowest BCUT2D eigenvalue weighted by atomic mass is 9.63. The minimum atomic E-state index is -0.207. The van der Waals surface area contributed by atoms with E-state index in [1.807, 2.05) is 24.3 Å². The monoisotopic (exact) mass is 412 g/mol. The Labute approximate surface area is 181 Å². The van der Waals surface area contributed by atoms with Gasteiger partial charge in [-0.25, -0.2) is 0 Å². The number of hydrogen-bond donors (Lipinski definition) is 0. The molecule has 0 N–H and O–H groups in total. The van der Waals surface area contributed by atoms with Gasteiger partial charge in [0.1, 0.15) is 12.4 Å². The van der Waals surface area contributed by atoms with Gasteiger partial charge in [-0.05, 0) is 72.4 Å². The molecule has 2 bridgehead atoms. The Morgan fingerprint density at radius 3 is 2.16 bits per heavy atom. The van der Waals surface area contributed by atoms with Crippen molar-refractivity contribution in [1.82, 2.24) is 5.01 Å². The van der Waals surface area contributed by atoms with Crippen molar-refractivity contribution in [3.8, 4) is 5.75 Å². The number of amides is 2. The van der Waals surface area contributed by atoms with E-state index in [2.05, 4.69) is 48.4 Å². The van der Waals surface area contributed by atoms with E-state index in [0.717, 1.165) is 28.3 Å². The molecule has 2 amide bonds. The summed E-state index contributed by atoms with van der Waals surface area (Å²) >= 11 is 0. The number of ether oxygens (including phenoxy) is 1. The van der Waals surface area contributed by atoms with Crippen LogP contribution in [-0.2, 0) is 16.2 Å². The van der Waals surface area contributed by atoms with E-state index in [1.54, 1.807) is 6.21 Å². The number of allylic oxidation sites excluding steroid dienone is 2. The number of hydrazone groups is 1. The van der Waals surface area contributed by atoms with Crippen LogP contribution in [0.3, 0.4) is 0 Å². The van der Waals surface area contributed by atoms with Crippen LogP contribution < -0.4 is 4.74 Å². The summed E-state index contributed by atoms with van der Waals surface area (Å²) in [4.78, 5) is 25.9. The van der Waals surface area contributed by atoms with Crippen LogP contribution in [0.4, 0.5) is 0 Å². The van der Waals surface area contributed by atoms with E-state index in [4.69, 9.17) is 4.74 Å². The summed E-state index contributed by atoms with van der Waals surface area (Å²) in [6, 6.07) is 15.8. The summed E-state index contributed by atoms with van der Waals surface area (Å²) in [5, 5.41) is 5.41. The minimum absolute atomic E-state index is 0.131. The van der Waals surface area contributed by atoms with Crippen molar-refractivity contribution in [3.63, 3.8) is 0 Å². The maximum Gasteiger partial charge on any atom is 0.254 e. The van der Waals surface area contributed by atoms with Gasteiger partial charge in [-0.1, -0.05) is 42.0 Å². The second-order valence-corrected chi connectivity index (χ2v) is 9.23. The number of carbonyl (C=O) groups excluding carboxylic acids is 2. The summed E-state index contributed by atoms with van der Waals surface area (Å²) in [6.45, 7) is 2.57. The minimum Gasteiger partial charge on any atom is -0.489 e. The third-order valence-electron chi connectivity index (χ3n) is 7.37. The molecule has 1 saturated heterocycles. The van der Waals surface area contributed by atoms with Crippen LogP contribution >= 0.6 is 0 Å². The van der Waals surface area contributed by atoms with Crippen molar-refractivity contribution >= 4 is 18.0 Å². The molecular weight excluding hydrogens is 388 g/mol. The summed E-state index contributed by atoms with van der Waals surface area (Å²) in [6.07, 6.45) is 7.10. The normalized spacial score (nSPS) is 32.5. The Morgan fingerprint density at radius 2 is 1.55 bits per heavy atom. The zero-order valence-electron chi connectivity index (χ0n) is 17.3. The van der Waals surface area contributed by atoms with Gasteiger partial charge in [0.25, 0.3) is 11.8 Å². The van der Waals surface area contributed by atoms with Gasteiger partial charge in [-0.15, -0.1) is 0 Å². The Balaban J connectivity index is 1.12.